The van der Waals surface area contributed by atoms with E-state index in [1.165, 1.54) is 0 Å². The maximum Gasteiger partial charge on any atom is 0.221 e. The maximum absolute atomic E-state index is 5.72. The molecule has 0 bridgehead atoms. The number of anilines is 2. The molecule has 4 nitrogen and oxygen atoms in total. The molecule has 0 aliphatic heterocycles. The average Bonchev–Trinajstić information content (AvgIpc) is 2.04. The second kappa shape index (κ2) is 4.07. The first-order valence-electron chi connectivity index (χ1n) is 4.53. The first-order chi connectivity index (χ1) is 6.15. The van der Waals surface area contributed by atoms with Gasteiger partial charge in [0.15, 0.2) is 0 Å². The van der Waals surface area contributed by atoms with Crippen LogP contribution in [0.4, 0.5) is 11.8 Å². The van der Waals surface area contributed by atoms with Crippen LogP contribution >= 0.6 is 0 Å². The van der Waals surface area contributed by atoms with Gasteiger partial charge in [-0.05, 0) is 12.3 Å². The Bertz CT molecular complexity index is 285. The van der Waals surface area contributed by atoms with E-state index in [9.17, 15) is 0 Å². The molecule has 1 heterocycles. The molecule has 72 valence electrons. The van der Waals surface area contributed by atoms with Crippen molar-refractivity contribution in [3.8, 4) is 0 Å². The van der Waals surface area contributed by atoms with Crippen molar-refractivity contribution in [1.29, 1.82) is 0 Å². The normalized spacial score (nSPS) is 12.8. The highest BCUT2D eigenvalue weighted by atomic mass is 15.0. The number of nitrogens with zero attached hydrogens (tertiary/aromatic N) is 2. The summed E-state index contributed by atoms with van der Waals surface area (Å²) in [5.74, 6) is 1.16. The minimum absolute atomic E-state index is 0.241. The molecule has 0 fully saturated rings. The van der Waals surface area contributed by atoms with E-state index in [1.807, 2.05) is 0 Å². The Morgan fingerprint density at radius 1 is 1.46 bits per heavy atom. The lowest BCUT2D eigenvalue weighted by Crippen LogP contribution is -2.05. The van der Waals surface area contributed by atoms with Crippen molar-refractivity contribution < 1.29 is 0 Å². The van der Waals surface area contributed by atoms with Gasteiger partial charge in [-0.3, -0.25) is 0 Å². The van der Waals surface area contributed by atoms with Crippen molar-refractivity contribution in [2.75, 3.05) is 11.5 Å². The zero-order valence-corrected chi connectivity index (χ0v) is 8.12. The van der Waals surface area contributed by atoms with Gasteiger partial charge in [0.2, 0.25) is 5.95 Å². The fraction of sp³-hybridized carbons (Fsp3) is 0.556. The van der Waals surface area contributed by atoms with Crippen LogP contribution < -0.4 is 11.5 Å². The van der Waals surface area contributed by atoms with Crippen LogP contribution in [0.3, 0.4) is 0 Å². The van der Waals surface area contributed by atoms with Crippen molar-refractivity contribution in [2.24, 2.45) is 0 Å². The number of hydrogen-bond acceptors (Lipinski definition) is 4. The molecule has 0 saturated heterocycles. The van der Waals surface area contributed by atoms with Gasteiger partial charge in [0.05, 0.1) is 0 Å². The fourth-order valence-electron chi connectivity index (χ4n) is 1.39. The van der Waals surface area contributed by atoms with Gasteiger partial charge in [-0.1, -0.05) is 20.3 Å². The van der Waals surface area contributed by atoms with E-state index in [0.717, 1.165) is 18.4 Å². The summed E-state index contributed by atoms with van der Waals surface area (Å²) in [6.07, 6.45) is 3.94. The van der Waals surface area contributed by atoms with E-state index >= 15 is 0 Å². The van der Waals surface area contributed by atoms with E-state index in [-0.39, 0.29) is 5.95 Å². The van der Waals surface area contributed by atoms with Gasteiger partial charge in [-0.25, -0.2) is 4.98 Å². The number of hydrogen-bond donors (Lipinski definition) is 2. The third kappa shape index (κ3) is 2.31. The van der Waals surface area contributed by atoms with Crippen molar-refractivity contribution in [3.63, 3.8) is 0 Å². The summed E-state index contributed by atoms with van der Waals surface area (Å²) < 4.78 is 0. The Morgan fingerprint density at radius 3 is 2.69 bits per heavy atom. The van der Waals surface area contributed by atoms with Crippen LogP contribution in [-0.4, -0.2) is 9.97 Å². The van der Waals surface area contributed by atoms with Crippen molar-refractivity contribution in [3.05, 3.63) is 11.8 Å². The Morgan fingerprint density at radius 2 is 2.15 bits per heavy atom. The highest BCUT2D eigenvalue weighted by molar-refractivity contribution is 5.43. The van der Waals surface area contributed by atoms with E-state index in [1.54, 1.807) is 6.20 Å². The molecule has 4 heteroatoms. The van der Waals surface area contributed by atoms with Crippen LogP contribution in [0.15, 0.2) is 6.20 Å². The van der Waals surface area contributed by atoms with Crippen molar-refractivity contribution in [1.82, 2.24) is 9.97 Å². The molecule has 0 radical (unpaired) electrons. The lowest BCUT2D eigenvalue weighted by Gasteiger charge is -2.11. The molecule has 1 rings (SSSR count). The minimum Gasteiger partial charge on any atom is -0.383 e. The van der Waals surface area contributed by atoms with Crippen LogP contribution in [0.2, 0.25) is 0 Å². The molecule has 13 heavy (non-hydrogen) atoms. The lowest BCUT2D eigenvalue weighted by atomic mass is 9.98. The molecule has 4 N–H and O–H groups in total. The summed E-state index contributed by atoms with van der Waals surface area (Å²) >= 11 is 0. The first-order valence-corrected chi connectivity index (χ1v) is 4.53. The molecule has 1 atom stereocenters. The topological polar surface area (TPSA) is 77.8 Å². The minimum atomic E-state index is 0.241. The zero-order valence-electron chi connectivity index (χ0n) is 8.12. The third-order valence-corrected chi connectivity index (χ3v) is 2.12. The van der Waals surface area contributed by atoms with Crippen molar-refractivity contribution >= 4 is 11.8 Å². The van der Waals surface area contributed by atoms with Gasteiger partial charge in [0, 0.05) is 11.8 Å². The number of aromatic nitrogens is 2. The summed E-state index contributed by atoms with van der Waals surface area (Å²) in [4.78, 5) is 7.85. The molecular weight excluding hydrogens is 164 g/mol. The standard InChI is InChI=1S/C9H16N4/c1-3-4-6(2)7-5-12-9(11)13-8(7)10/h5-6H,3-4H2,1-2H3,(H4,10,11,12,13). The summed E-state index contributed by atoms with van der Waals surface area (Å²) in [6, 6.07) is 0. The summed E-state index contributed by atoms with van der Waals surface area (Å²) in [5, 5.41) is 0. The van der Waals surface area contributed by atoms with Crippen LogP contribution in [0.1, 0.15) is 38.2 Å². The van der Waals surface area contributed by atoms with E-state index in [2.05, 4.69) is 23.8 Å². The Balaban J connectivity index is 2.88. The van der Waals surface area contributed by atoms with Gasteiger partial charge in [-0.15, -0.1) is 0 Å². The Hall–Kier alpha value is -1.32. The molecule has 0 spiro atoms. The number of rotatable bonds is 3. The summed E-state index contributed by atoms with van der Waals surface area (Å²) in [7, 11) is 0. The van der Waals surface area contributed by atoms with Crippen LogP contribution in [0.25, 0.3) is 0 Å². The molecule has 0 saturated carbocycles. The van der Waals surface area contributed by atoms with Gasteiger partial charge < -0.3 is 11.5 Å². The Labute approximate surface area is 78.4 Å². The largest absolute Gasteiger partial charge is 0.383 e. The molecule has 0 aliphatic rings. The highest BCUT2D eigenvalue weighted by Crippen LogP contribution is 2.23. The Kier molecular flexibility index (Phi) is 3.06. The molecule has 0 aromatic carbocycles. The summed E-state index contributed by atoms with van der Waals surface area (Å²) in [5.41, 5.74) is 12.1. The smallest absolute Gasteiger partial charge is 0.221 e. The molecule has 1 aromatic heterocycles. The number of nitrogen functional groups attached to an aromatic ring is 2. The monoisotopic (exact) mass is 180 g/mol. The molecule has 1 unspecified atom stereocenters. The van der Waals surface area contributed by atoms with E-state index in [0.29, 0.717) is 11.7 Å². The maximum atomic E-state index is 5.72. The first kappa shape index (κ1) is 9.77. The molecular formula is C9H16N4. The third-order valence-electron chi connectivity index (χ3n) is 2.12. The second-order valence-corrected chi connectivity index (χ2v) is 3.26. The van der Waals surface area contributed by atoms with Gasteiger partial charge in [0.1, 0.15) is 5.82 Å². The predicted molar refractivity (Wildman–Crippen MR) is 54.2 cm³/mol. The van der Waals surface area contributed by atoms with Gasteiger partial charge in [0.25, 0.3) is 0 Å². The second-order valence-electron chi connectivity index (χ2n) is 3.26. The highest BCUT2D eigenvalue weighted by Gasteiger charge is 2.09. The van der Waals surface area contributed by atoms with Crippen LogP contribution in [0, 0.1) is 0 Å². The molecule has 0 amide bonds. The van der Waals surface area contributed by atoms with Gasteiger partial charge in [-0.2, -0.15) is 4.98 Å². The lowest BCUT2D eigenvalue weighted by molar-refractivity contribution is 0.662. The average molecular weight is 180 g/mol. The van der Waals surface area contributed by atoms with Gasteiger partial charge >= 0.3 is 0 Å². The predicted octanol–water partition coefficient (Wildman–Crippen LogP) is 1.54. The summed E-state index contributed by atoms with van der Waals surface area (Å²) in [6.45, 7) is 4.26. The number of nitrogens with two attached hydrogens (primary N) is 2. The van der Waals surface area contributed by atoms with Crippen LogP contribution in [-0.2, 0) is 0 Å². The van der Waals surface area contributed by atoms with Crippen LogP contribution in [0.5, 0.6) is 0 Å². The fourth-order valence-corrected chi connectivity index (χ4v) is 1.39. The zero-order chi connectivity index (χ0) is 9.84. The molecule has 0 aliphatic carbocycles. The van der Waals surface area contributed by atoms with E-state index < -0.39 is 0 Å². The van der Waals surface area contributed by atoms with Crippen molar-refractivity contribution in [2.45, 2.75) is 32.6 Å². The van der Waals surface area contributed by atoms with E-state index in [4.69, 9.17) is 11.5 Å². The molecule has 1 aromatic rings. The quantitative estimate of drug-likeness (QED) is 0.739. The SMILES string of the molecule is CCCC(C)c1cnc(N)nc1N.